The third kappa shape index (κ3) is 2.99. The molecule has 2 aliphatic rings. The Morgan fingerprint density at radius 1 is 1.44 bits per heavy atom. The maximum atomic E-state index is 12.3. The van der Waals surface area contributed by atoms with Gasteiger partial charge in [-0.1, -0.05) is 13.8 Å². The lowest BCUT2D eigenvalue weighted by Gasteiger charge is -2.35. The smallest absolute Gasteiger partial charge is 0.245 e. The van der Waals surface area contributed by atoms with Gasteiger partial charge in [0.25, 0.3) is 0 Å². The van der Waals surface area contributed by atoms with Gasteiger partial charge in [0.2, 0.25) is 11.8 Å². The van der Waals surface area contributed by atoms with Crippen LogP contribution in [-0.2, 0) is 9.59 Å². The molecule has 1 saturated heterocycles. The molecule has 0 aromatic carbocycles. The number of hydrogen-bond acceptors (Lipinski definition) is 3. The number of carbonyl (C=O) groups excluding carboxylic acids is 2. The van der Waals surface area contributed by atoms with Crippen LogP contribution >= 0.6 is 11.8 Å². The first kappa shape index (κ1) is 13.7. The van der Waals surface area contributed by atoms with E-state index in [1.807, 2.05) is 11.8 Å². The zero-order valence-corrected chi connectivity index (χ0v) is 12.2. The first-order valence-corrected chi connectivity index (χ1v) is 7.81. The van der Waals surface area contributed by atoms with Gasteiger partial charge in [0.1, 0.15) is 6.04 Å². The Kier molecular flexibility index (Phi) is 3.90. The minimum Gasteiger partial charge on any atom is -0.343 e. The highest BCUT2D eigenvalue weighted by molar-refractivity contribution is 8.00. The molecule has 1 unspecified atom stereocenters. The SMILES string of the molecule is CSC1(CN2CC(=O)NC(CC(C)C)C2=O)CC1. The third-order valence-electron chi connectivity index (χ3n) is 3.71. The largest absolute Gasteiger partial charge is 0.343 e. The van der Waals surface area contributed by atoms with E-state index in [4.69, 9.17) is 0 Å². The lowest BCUT2D eigenvalue weighted by Crippen LogP contribution is -2.59. The van der Waals surface area contributed by atoms with Crippen molar-refractivity contribution in [2.24, 2.45) is 5.92 Å². The van der Waals surface area contributed by atoms with Crippen molar-refractivity contribution in [3.05, 3.63) is 0 Å². The van der Waals surface area contributed by atoms with E-state index in [9.17, 15) is 9.59 Å². The molecule has 2 rings (SSSR count). The van der Waals surface area contributed by atoms with Crippen LogP contribution in [0.5, 0.6) is 0 Å². The summed E-state index contributed by atoms with van der Waals surface area (Å²) in [6, 6.07) is -0.316. The standard InChI is InChI=1S/C13H22N2O2S/c1-9(2)6-10-12(17)15(7-11(16)14-10)8-13(18-3)4-5-13/h9-10H,4-8H2,1-3H3,(H,14,16). The van der Waals surface area contributed by atoms with Crippen molar-refractivity contribution in [2.75, 3.05) is 19.3 Å². The van der Waals surface area contributed by atoms with Gasteiger partial charge in [0.05, 0.1) is 6.54 Å². The van der Waals surface area contributed by atoms with E-state index in [1.54, 1.807) is 4.90 Å². The van der Waals surface area contributed by atoms with Crippen LogP contribution in [0.4, 0.5) is 0 Å². The van der Waals surface area contributed by atoms with Gasteiger partial charge in [-0.15, -0.1) is 0 Å². The summed E-state index contributed by atoms with van der Waals surface area (Å²) >= 11 is 1.82. The topological polar surface area (TPSA) is 49.4 Å². The van der Waals surface area contributed by atoms with Crippen molar-refractivity contribution in [1.82, 2.24) is 10.2 Å². The molecule has 1 atom stereocenters. The minimum absolute atomic E-state index is 0.0165. The van der Waals surface area contributed by atoms with Crippen LogP contribution in [0.3, 0.4) is 0 Å². The van der Waals surface area contributed by atoms with Crippen LogP contribution in [0, 0.1) is 5.92 Å². The zero-order valence-electron chi connectivity index (χ0n) is 11.4. The number of piperazine rings is 1. The Morgan fingerprint density at radius 3 is 2.61 bits per heavy atom. The van der Waals surface area contributed by atoms with E-state index in [1.165, 1.54) is 0 Å². The van der Waals surface area contributed by atoms with Gasteiger partial charge >= 0.3 is 0 Å². The Morgan fingerprint density at radius 2 is 2.11 bits per heavy atom. The monoisotopic (exact) mass is 270 g/mol. The molecule has 0 bridgehead atoms. The average molecular weight is 270 g/mol. The van der Waals surface area contributed by atoms with Gasteiger partial charge in [0.15, 0.2) is 0 Å². The molecule has 18 heavy (non-hydrogen) atoms. The fraction of sp³-hybridized carbons (Fsp3) is 0.846. The van der Waals surface area contributed by atoms with E-state index in [-0.39, 0.29) is 29.1 Å². The number of thioether (sulfide) groups is 1. The van der Waals surface area contributed by atoms with Crippen molar-refractivity contribution in [1.29, 1.82) is 0 Å². The fourth-order valence-corrected chi connectivity index (χ4v) is 3.25. The number of nitrogens with zero attached hydrogens (tertiary/aromatic N) is 1. The molecule has 1 N–H and O–H groups in total. The van der Waals surface area contributed by atoms with Crippen molar-refractivity contribution in [2.45, 2.75) is 43.9 Å². The maximum Gasteiger partial charge on any atom is 0.245 e. The molecular formula is C13H22N2O2S. The van der Waals surface area contributed by atoms with Gasteiger partial charge in [-0.25, -0.2) is 0 Å². The molecule has 0 aromatic heterocycles. The summed E-state index contributed by atoms with van der Waals surface area (Å²) in [6.07, 6.45) is 5.14. The number of hydrogen-bond donors (Lipinski definition) is 1. The summed E-state index contributed by atoms with van der Waals surface area (Å²) < 4.78 is 0.232. The molecule has 1 aliphatic carbocycles. The minimum atomic E-state index is -0.316. The summed E-state index contributed by atoms with van der Waals surface area (Å²) in [5.41, 5.74) is 0. The van der Waals surface area contributed by atoms with E-state index in [2.05, 4.69) is 25.4 Å². The second-order valence-electron chi connectivity index (χ2n) is 5.83. The lowest BCUT2D eigenvalue weighted by atomic mass is 10.0. The third-order valence-corrected chi connectivity index (χ3v) is 5.11. The molecule has 1 saturated carbocycles. The first-order chi connectivity index (χ1) is 8.46. The molecule has 102 valence electrons. The molecule has 1 heterocycles. The second kappa shape index (κ2) is 5.11. The Balaban J connectivity index is 2.01. The molecule has 0 aromatic rings. The highest BCUT2D eigenvalue weighted by Crippen LogP contribution is 2.47. The predicted molar refractivity (Wildman–Crippen MR) is 73.4 cm³/mol. The Hall–Kier alpha value is -0.710. The van der Waals surface area contributed by atoms with Crippen LogP contribution < -0.4 is 5.32 Å². The van der Waals surface area contributed by atoms with Gasteiger partial charge in [-0.3, -0.25) is 9.59 Å². The van der Waals surface area contributed by atoms with Crippen LogP contribution in [0.2, 0.25) is 0 Å². The number of nitrogens with one attached hydrogen (secondary N) is 1. The zero-order chi connectivity index (χ0) is 13.3. The highest BCUT2D eigenvalue weighted by Gasteiger charge is 2.46. The second-order valence-corrected chi connectivity index (χ2v) is 7.11. The molecule has 0 spiro atoms. The lowest BCUT2D eigenvalue weighted by molar-refractivity contribution is -0.144. The van der Waals surface area contributed by atoms with Crippen molar-refractivity contribution >= 4 is 23.6 Å². The molecule has 0 radical (unpaired) electrons. The molecule has 2 amide bonds. The Bertz CT molecular complexity index is 353. The van der Waals surface area contributed by atoms with E-state index >= 15 is 0 Å². The maximum absolute atomic E-state index is 12.3. The fourth-order valence-electron chi connectivity index (χ4n) is 2.45. The van der Waals surface area contributed by atoms with E-state index in [0.29, 0.717) is 5.92 Å². The summed E-state index contributed by atoms with van der Waals surface area (Å²) in [5, 5.41) is 2.81. The highest BCUT2D eigenvalue weighted by atomic mass is 32.2. The first-order valence-electron chi connectivity index (χ1n) is 6.59. The quantitative estimate of drug-likeness (QED) is 0.818. The Labute approximate surface area is 113 Å². The van der Waals surface area contributed by atoms with E-state index in [0.717, 1.165) is 25.8 Å². The number of carbonyl (C=O) groups is 2. The van der Waals surface area contributed by atoms with Crippen LogP contribution in [0.1, 0.15) is 33.1 Å². The normalized spacial score (nSPS) is 26.4. The molecule has 2 fully saturated rings. The van der Waals surface area contributed by atoms with Crippen LogP contribution in [0.15, 0.2) is 0 Å². The van der Waals surface area contributed by atoms with Crippen molar-refractivity contribution in [3.8, 4) is 0 Å². The molecule has 4 nitrogen and oxygen atoms in total. The summed E-state index contributed by atoms with van der Waals surface area (Å²) in [5.74, 6) is 0.496. The van der Waals surface area contributed by atoms with Crippen LogP contribution in [0.25, 0.3) is 0 Å². The van der Waals surface area contributed by atoms with Gasteiger partial charge in [-0.05, 0) is 31.4 Å². The molecule has 1 aliphatic heterocycles. The van der Waals surface area contributed by atoms with Crippen molar-refractivity contribution < 1.29 is 9.59 Å². The number of amides is 2. The summed E-state index contributed by atoms with van der Waals surface area (Å²) in [6.45, 7) is 5.11. The van der Waals surface area contributed by atoms with Gasteiger partial charge in [0, 0.05) is 11.3 Å². The molecule has 5 heteroatoms. The van der Waals surface area contributed by atoms with Gasteiger partial charge < -0.3 is 10.2 Å². The number of rotatable bonds is 5. The summed E-state index contributed by atoms with van der Waals surface area (Å²) in [7, 11) is 0. The van der Waals surface area contributed by atoms with E-state index < -0.39 is 0 Å². The van der Waals surface area contributed by atoms with Gasteiger partial charge in [-0.2, -0.15) is 11.8 Å². The average Bonchev–Trinajstić information content (AvgIpc) is 3.05. The molecular weight excluding hydrogens is 248 g/mol. The van der Waals surface area contributed by atoms with Crippen molar-refractivity contribution in [3.63, 3.8) is 0 Å². The van der Waals surface area contributed by atoms with Crippen LogP contribution in [-0.4, -0.2) is 46.8 Å². The predicted octanol–water partition coefficient (Wildman–Crippen LogP) is 1.26. The summed E-state index contributed by atoms with van der Waals surface area (Å²) in [4.78, 5) is 25.8.